The van der Waals surface area contributed by atoms with Gasteiger partial charge >= 0.3 is 0 Å². The number of nitrogens with zero attached hydrogens (tertiary/aromatic N) is 1. The molecule has 1 aromatic rings. The second-order valence-electron chi connectivity index (χ2n) is 5.89. The van der Waals surface area contributed by atoms with E-state index in [9.17, 15) is 0 Å². The lowest BCUT2D eigenvalue weighted by molar-refractivity contribution is 0.282. The molecular weight excluding hydrogens is 296 g/mol. The quantitative estimate of drug-likeness (QED) is 0.655. The first-order valence-electron chi connectivity index (χ1n) is 6.06. The van der Waals surface area contributed by atoms with Gasteiger partial charge in [-0.3, -0.25) is 5.10 Å². The molecule has 0 fully saturated rings. The van der Waals surface area contributed by atoms with E-state index < -0.39 is 8.32 Å². The Balaban J connectivity index is 2.32. The Labute approximate surface area is 114 Å². The van der Waals surface area contributed by atoms with Gasteiger partial charge in [-0.15, -0.1) is 0 Å². The summed E-state index contributed by atoms with van der Waals surface area (Å²) in [6, 6.07) is 0. The van der Waals surface area contributed by atoms with Crippen LogP contribution in [0.25, 0.3) is 0 Å². The van der Waals surface area contributed by atoms with Crippen LogP contribution in [0.2, 0.25) is 18.1 Å². The summed E-state index contributed by atoms with van der Waals surface area (Å²) in [4.78, 5) is 0. The van der Waals surface area contributed by atoms with Crippen molar-refractivity contribution in [3.8, 4) is 0 Å². The summed E-state index contributed by atoms with van der Waals surface area (Å²) >= 11 is 3.46. The zero-order valence-electron chi connectivity index (χ0n) is 11.4. The van der Waals surface area contributed by atoms with Crippen LogP contribution in [0.15, 0.2) is 10.7 Å². The standard InChI is InChI=1S/C12H23BrN2OSi/c1-12(2,3)17(4,5)16-8-6-7-11-10(13)9-14-15-11/h9H,6-8H2,1-5H3,(H,14,15). The fourth-order valence-electron chi connectivity index (χ4n) is 1.26. The van der Waals surface area contributed by atoms with Crippen molar-refractivity contribution in [3.63, 3.8) is 0 Å². The van der Waals surface area contributed by atoms with E-state index in [1.807, 2.05) is 6.20 Å². The minimum atomic E-state index is -1.58. The Hall–Kier alpha value is -0.133. The highest BCUT2D eigenvalue weighted by atomic mass is 79.9. The topological polar surface area (TPSA) is 37.9 Å². The van der Waals surface area contributed by atoms with Crippen LogP contribution in [0.1, 0.15) is 32.9 Å². The zero-order valence-corrected chi connectivity index (χ0v) is 14.0. The first kappa shape index (κ1) is 14.9. The minimum Gasteiger partial charge on any atom is -0.417 e. The third-order valence-electron chi connectivity index (χ3n) is 3.49. The number of hydrogen-bond acceptors (Lipinski definition) is 2. The first-order valence-corrected chi connectivity index (χ1v) is 9.76. The predicted octanol–water partition coefficient (Wildman–Crippen LogP) is 4.13. The Morgan fingerprint density at radius 1 is 1.41 bits per heavy atom. The molecule has 0 saturated heterocycles. The fraction of sp³-hybridized carbons (Fsp3) is 0.750. The van der Waals surface area contributed by atoms with Gasteiger partial charge in [-0.05, 0) is 46.9 Å². The van der Waals surface area contributed by atoms with Crippen molar-refractivity contribution >= 4 is 24.2 Å². The van der Waals surface area contributed by atoms with Crippen molar-refractivity contribution in [1.29, 1.82) is 0 Å². The van der Waals surface area contributed by atoms with E-state index in [1.54, 1.807) is 0 Å². The monoisotopic (exact) mass is 318 g/mol. The largest absolute Gasteiger partial charge is 0.417 e. The summed E-state index contributed by atoms with van der Waals surface area (Å²) in [5.74, 6) is 0. The van der Waals surface area contributed by atoms with E-state index in [4.69, 9.17) is 4.43 Å². The number of aromatic nitrogens is 2. The summed E-state index contributed by atoms with van der Waals surface area (Å²) in [5.41, 5.74) is 1.09. The molecule has 5 heteroatoms. The third kappa shape index (κ3) is 4.23. The molecule has 1 heterocycles. The molecule has 1 aromatic heterocycles. The molecular formula is C12H23BrN2OSi. The van der Waals surface area contributed by atoms with E-state index in [-0.39, 0.29) is 0 Å². The molecule has 98 valence electrons. The second-order valence-corrected chi connectivity index (χ2v) is 11.6. The van der Waals surface area contributed by atoms with E-state index >= 15 is 0 Å². The normalized spacial score (nSPS) is 13.1. The van der Waals surface area contributed by atoms with Crippen LogP contribution in [0, 0.1) is 0 Å². The molecule has 17 heavy (non-hydrogen) atoms. The van der Waals surface area contributed by atoms with Crippen LogP contribution < -0.4 is 0 Å². The van der Waals surface area contributed by atoms with Crippen LogP contribution in [-0.2, 0) is 10.8 Å². The molecule has 0 radical (unpaired) electrons. The van der Waals surface area contributed by atoms with E-state index in [0.29, 0.717) is 5.04 Å². The van der Waals surface area contributed by atoms with Crippen molar-refractivity contribution in [2.45, 2.75) is 51.7 Å². The smallest absolute Gasteiger partial charge is 0.191 e. The summed E-state index contributed by atoms with van der Waals surface area (Å²) < 4.78 is 7.18. The van der Waals surface area contributed by atoms with Crippen molar-refractivity contribution in [3.05, 3.63) is 16.4 Å². The van der Waals surface area contributed by atoms with Gasteiger partial charge in [0.05, 0.1) is 10.2 Å². The van der Waals surface area contributed by atoms with Gasteiger partial charge in [0.1, 0.15) is 0 Å². The highest BCUT2D eigenvalue weighted by Gasteiger charge is 2.36. The molecule has 3 nitrogen and oxygen atoms in total. The molecule has 0 bridgehead atoms. The third-order valence-corrected chi connectivity index (χ3v) is 8.72. The molecule has 0 unspecified atom stereocenters. The van der Waals surface area contributed by atoms with Gasteiger partial charge in [0, 0.05) is 12.8 Å². The maximum atomic E-state index is 6.12. The summed E-state index contributed by atoms with van der Waals surface area (Å²) in [6.45, 7) is 12.2. The molecule has 0 aliphatic carbocycles. The van der Waals surface area contributed by atoms with Gasteiger partial charge in [0.2, 0.25) is 0 Å². The SMILES string of the molecule is CC(C)(C)[Si](C)(C)OCCCc1n[nH]cc1Br. The van der Waals surface area contributed by atoms with Crippen molar-refractivity contribution in [1.82, 2.24) is 10.2 Å². The summed E-state index contributed by atoms with van der Waals surface area (Å²) in [7, 11) is -1.58. The van der Waals surface area contributed by atoms with Gasteiger partial charge in [-0.25, -0.2) is 0 Å². The van der Waals surface area contributed by atoms with Crippen LogP contribution in [0.4, 0.5) is 0 Å². The maximum Gasteiger partial charge on any atom is 0.191 e. The van der Waals surface area contributed by atoms with Crippen LogP contribution in [0.5, 0.6) is 0 Å². The van der Waals surface area contributed by atoms with Gasteiger partial charge in [0.15, 0.2) is 8.32 Å². The van der Waals surface area contributed by atoms with Gasteiger partial charge in [0.25, 0.3) is 0 Å². The molecule has 1 rings (SSSR count). The number of hydrogen-bond donors (Lipinski definition) is 1. The number of nitrogens with one attached hydrogen (secondary N) is 1. The number of aryl methyl sites for hydroxylation is 1. The van der Waals surface area contributed by atoms with E-state index in [1.165, 1.54) is 0 Å². The summed E-state index contributed by atoms with van der Waals surface area (Å²) in [6.07, 6.45) is 3.85. The van der Waals surface area contributed by atoms with Crippen molar-refractivity contribution in [2.24, 2.45) is 0 Å². The van der Waals surface area contributed by atoms with E-state index in [0.717, 1.165) is 29.6 Å². The molecule has 1 N–H and O–H groups in total. The van der Waals surface area contributed by atoms with Crippen molar-refractivity contribution in [2.75, 3.05) is 6.61 Å². The number of H-pyrrole nitrogens is 1. The highest BCUT2D eigenvalue weighted by Crippen LogP contribution is 2.36. The zero-order chi connectivity index (χ0) is 13.1. The fourth-order valence-corrected chi connectivity index (χ4v) is 2.74. The van der Waals surface area contributed by atoms with Gasteiger partial charge in [-0.1, -0.05) is 20.8 Å². The van der Waals surface area contributed by atoms with Crippen molar-refractivity contribution < 1.29 is 4.43 Å². The number of halogens is 1. The van der Waals surface area contributed by atoms with Crippen LogP contribution in [-0.4, -0.2) is 25.1 Å². The molecule has 0 spiro atoms. The molecule has 0 atom stereocenters. The maximum absolute atomic E-state index is 6.12. The molecule has 0 saturated carbocycles. The van der Waals surface area contributed by atoms with Crippen LogP contribution >= 0.6 is 15.9 Å². The minimum absolute atomic E-state index is 0.292. The van der Waals surface area contributed by atoms with Gasteiger partial charge in [-0.2, -0.15) is 5.10 Å². The average Bonchev–Trinajstić information content (AvgIpc) is 2.57. The molecule has 0 aliphatic rings. The predicted molar refractivity (Wildman–Crippen MR) is 77.8 cm³/mol. The van der Waals surface area contributed by atoms with E-state index in [2.05, 4.69) is 60.0 Å². The lowest BCUT2D eigenvalue weighted by Crippen LogP contribution is -2.41. The average molecular weight is 319 g/mol. The lowest BCUT2D eigenvalue weighted by atomic mass is 10.2. The molecule has 0 aliphatic heterocycles. The molecule has 0 amide bonds. The number of aromatic amines is 1. The second kappa shape index (κ2) is 5.67. The Morgan fingerprint density at radius 3 is 2.53 bits per heavy atom. The molecule has 0 aromatic carbocycles. The lowest BCUT2D eigenvalue weighted by Gasteiger charge is -2.36. The Bertz CT molecular complexity index is 358. The highest BCUT2D eigenvalue weighted by molar-refractivity contribution is 9.10. The Morgan fingerprint density at radius 2 is 2.06 bits per heavy atom. The number of rotatable bonds is 5. The van der Waals surface area contributed by atoms with Gasteiger partial charge < -0.3 is 4.43 Å². The van der Waals surface area contributed by atoms with Crippen LogP contribution in [0.3, 0.4) is 0 Å². The first-order chi connectivity index (χ1) is 7.74. The Kier molecular flexibility index (Phi) is 4.98. The summed E-state index contributed by atoms with van der Waals surface area (Å²) in [5, 5.41) is 7.32.